The number of esters is 1. The molecule has 7 nitrogen and oxygen atoms in total. The van der Waals surface area contributed by atoms with Crippen LogP contribution in [0.1, 0.15) is 60.6 Å². The molecule has 1 atom stereocenters. The van der Waals surface area contributed by atoms with E-state index in [9.17, 15) is 18.4 Å². The number of hydrogen-bond acceptors (Lipinski definition) is 6. The molecule has 2 aromatic rings. The quantitative estimate of drug-likeness (QED) is 0.369. The van der Waals surface area contributed by atoms with Crippen LogP contribution < -0.4 is 9.47 Å². The second-order valence-corrected chi connectivity index (χ2v) is 10.3. The van der Waals surface area contributed by atoms with Crippen LogP contribution in [0, 0.1) is 0 Å². The number of methoxy groups -OCH3 is 1. The number of rotatable bonds is 7. The van der Waals surface area contributed by atoms with Gasteiger partial charge < -0.3 is 19.1 Å². The van der Waals surface area contributed by atoms with Crippen molar-refractivity contribution in [2.75, 3.05) is 39.9 Å². The Bertz CT molecular complexity index is 1290. The molecule has 2 aliphatic heterocycles. The lowest BCUT2D eigenvalue weighted by atomic mass is 9.93. The Morgan fingerprint density at radius 1 is 1.15 bits per heavy atom. The van der Waals surface area contributed by atoms with E-state index in [-0.39, 0.29) is 24.2 Å². The molecule has 3 aliphatic rings. The van der Waals surface area contributed by atoms with Crippen molar-refractivity contribution in [3.8, 4) is 11.5 Å². The summed E-state index contributed by atoms with van der Waals surface area (Å²) in [5.41, 5.74) is 4.17. The predicted octanol–water partition coefficient (Wildman–Crippen LogP) is 4.87. The Kier molecular flexibility index (Phi) is 7.62. The molecule has 1 fully saturated rings. The molecule has 2 aromatic carbocycles. The van der Waals surface area contributed by atoms with Gasteiger partial charge in [0.15, 0.2) is 0 Å². The van der Waals surface area contributed by atoms with Crippen molar-refractivity contribution in [1.82, 2.24) is 9.80 Å². The van der Waals surface area contributed by atoms with Crippen LogP contribution in [0.25, 0.3) is 5.57 Å². The van der Waals surface area contributed by atoms with E-state index in [0.29, 0.717) is 69.0 Å². The first kappa shape index (κ1) is 27.1. The van der Waals surface area contributed by atoms with Crippen molar-refractivity contribution in [3.63, 3.8) is 0 Å². The van der Waals surface area contributed by atoms with Gasteiger partial charge in [-0.1, -0.05) is 19.1 Å². The zero-order valence-corrected chi connectivity index (χ0v) is 22.6. The van der Waals surface area contributed by atoms with Crippen molar-refractivity contribution in [2.24, 2.45) is 0 Å². The number of ether oxygens (including phenoxy) is 3. The first-order chi connectivity index (χ1) is 18.7. The smallest absolute Gasteiger partial charge is 0.330 e. The molecular formula is C30H34F2N2O5. The van der Waals surface area contributed by atoms with E-state index in [2.05, 4.69) is 4.90 Å². The number of halogens is 2. The molecule has 0 radical (unpaired) electrons. The number of carbonyl (C=O) groups is 2. The van der Waals surface area contributed by atoms with E-state index in [1.165, 1.54) is 13.2 Å². The molecule has 2 heterocycles. The molecule has 0 N–H and O–H groups in total. The van der Waals surface area contributed by atoms with Gasteiger partial charge in [0.1, 0.15) is 24.2 Å². The van der Waals surface area contributed by atoms with Crippen LogP contribution in [0.2, 0.25) is 0 Å². The maximum absolute atomic E-state index is 14.7. The van der Waals surface area contributed by atoms with Gasteiger partial charge in [0.2, 0.25) is 5.91 Å². The van der Waals surface area contributed by atoms with E-state index >= 15 is 0 Å². The van der Waals surface area contributed by atoms with Gasteiger partial charge in [-0.25, -0.2) is 13.6 Å². The Morgan fingerprint density at radius 3 is 2.62 bits per heavy atom. The Balaban J connectivity index is 1.36. The number of piperazine rings is 1. The standard InChI is InChI=1S/C30H34F2N2O5/c1-4-28(35)34-13-11-33(12-14-34)17-24-22-8-10-26(23(22)7-9-25(24)30(2,31)32)39-20-5-6-21-19(15-29(36)37-3)18-38-27(21)16-20/h5-7,9,15-16,26H,4,8,10-14,17-18H2,1-3H3/b19-15+/t26-/m1/s1. The van der Waals surface area contributed by atoms with E-state index in [4.69, 9.17) is 14.2 Å². The minimum Gasteiger partial charge on any atom is -0.488 e. The fraction of sp³-hybridized carbons (Fsp3) is 0.467. The highest BCUT2D eigenvalue weighted by molar-refractivity contribution is 5.93. The molecule has 1 amide bonds. The van der Waals surface area contributed by atoms with Crippen LogP contribution >= 0.6 is 0 Å². The predicted molar refractivity (Wildman–Crippen MR) is 142 cm³/mol. The molecule has 5 rings (SSSR count). The van der Waals surface area contributed by atoms with E-state index in [0.717, 1.165) is 29.2 Å². The number of carbonyl (C=O) groups excluding carboxylic acids is 2. The Labute approximate surface area is 227 Å². The monoisotopic (exact) mass is 540 g/mol. The first-order valence-corrected chi connectivity index (χ1v) is 13.4. The third-order valence-electron chi connectivity index (χ3n) is 7.81. The van der Waals surface area contributed by atoms with Crippen molar-refractivity contribution >= 4 is 17.4 Å². The summed E-state index contributed by atoms with van der Waals surface area (Å²) in [6.45, 7) is 6.04. The summed E-state index contributed by atoms with van der Waals surface area (Å²) in [6, 6.07) is 8.82. The lowest BCUT2D eigenvalue weighted by Gasteiger charge is -2.35. The van der Waals surface area contributed by atoms with Gasteiger partial charge in [-0.05, 0) is 41.7 Å². The fourth-order valence-corrected chi connectivity index (χ4v) is 5.73. The van der Waals surface area contributed by atoms with Gasteiger partial charge in [0, 0.05) is 74.9 Å². The average Bonchev–Trinajstić information content (AvgIpc) is 3.52. The normalized spacial score (nSPS) is 20.0. The largest absolute Gasteiger partial charge is 0.488 e. The summed E-state index contributed by atoms with van der Waals surface area (Å²) in [6.07, 6.45) is 2.97. The second-order valence-electron chi connectivity index (χ2n) is 10.3. The summed E-state index contributed by atoms with van der Waals surface area (Å²) in [4.78, 5) is 27.7. The molecule has 0 unspecified atom stereocenters. The van der Waals surface area contributed by atoms with Crippen molar-refractivity contribution in [1.29, 1.82) is 0 Å². The van der Waals surface area contributed by atoms with Crippen molar-refractivity contribution in [2.45, 2.75) is 51.7 Å². The minimum absolute atomic E-state index is 0.0600. The maximum atomic E-state index is 14.7. The summed E-state index contributed by atoms with van der Waals surface area (Å²) < 4.78 is 46.2. The van der Waals surface area contributed by atoms with Crippen LogP contribution in [-0.4, -0.2) is 61.6 Å². The second kappa shape index (κ2) is 11.0. The fourth-order valence-electron chi connectivity index (χ4n) is 5.73. The maximum Gasteiger partial charge on any atom is 0.330 e. The first-order valence-electron chi connectivity index (χ1n) is 13.4. The lowest BCUT2D eigenvalue weighted by molar-refractivity contribution is -0.135. The van der Waals surface area contributed by atoms with Crippen molar-refractivity contribution < 1.29 is 32.6 Å². The third kappa shape index (κ3) is 5.64. The zero-order chi connectivity index (χ0) is 27.7. The zero-order valence-electron chi connectivity index (χ0n) is 22.6. The lowest BCUT2D eigenvalue weighted by Crippen LogP contribution is -2.48. The summed E-state index contributed by atoms with van der Waals surface area (Å²) in [5.74, 6) is -2.02. The molecule has 0 saturated carbocycles. The molecule has 208 valence electrons. The molecular weight excluding hydrogens is 506 g/mol. The average molecular weight is 541 g/mol. The van der Waals surface area contributed by atoms with Gasteiger partial charge in [-0.15, -0.1) is 0 Å². The van der Waals surface area contributed by atoms with E-state index in [1.54, 1.807) is 18.2 Å². The molecule has 39 heavy (non-hydrogen) atoms. The Morgan fingerprint density at radius 2 is 1.92 bits per heavy atom. The van der Waals surface area contributed by atoms with E-state index < -0.39 is 11.9 Å². The van der Waals surface area contributed by atoms with Crippen LogP contribution in [-0.2, 0) is 33.2 Å². The number of benzene rings is 2. The highest BCUT2D eigenvalue weighted by Crippen LogP contribution is 2.43. The van der Waals surface area contributed by atoms with Gasteiger partial charge in [0.05, 0.1) is 7.11 Å². The summed E-state index contributed by atoms with van der Waals surface area (Å²) in [7, 11) is 1.33. The highest BCUT2D eigenvalue weighted by atomic mass is 19.3. The van der Waals surface area contributed by atoms with Crippen LogP contribution in [0.15, 0.2) is 36.4 Å². The minimum atomic E-state index is -2.96. The molecule has 0 bridgehead atoms. The molecule has 0 spiro atoms. The number of amides is 1. The SMILES string of the molecule is CCC(=O)N1CCN(Cc2c(C(C)(F)F)ccc3c2CC[C@H]3Oc2ccc3c(c2)OC/C3=C\C(=O)OC)CC1. The Hall–Kier alpha value is -3.46. The number of nitrogens with zero attached hydrogens (tertiary/aromatic N) is 2. The van der Waals surface area contributed by atoms with Crippen LogP contribution in [0.4, 0.5) is 8.78 Å². The summed E-state index contributed by atoms with van der Waals surface area (Å²) >= 11 is 0. The molecule has 0 aromatic heterocycles. The summed E-state index contributed by atoms with van der Waals surface area (Å²) in [5, 5.41) is 0. The van der Waals surface area contributed by atoms with Gasteiger partial charge in [-0.2, -0.15) is 0 Å². The van der Waals surface area contributed by atoms with Gasteiger partial charge >= 0.3 is 5.97 Å². The molecule has 9 heteroatoms. The molecule has 1 saturated heterocycles. The van der Waals surface area contributed by atoms with Crippen molar-refractivity contribution in [3.05, 3.63) is 64.2 Å². The number of alkyl halides is 2. The van der Waals surface area contributed by atoms with Crippen LogP contribution in [0.3, 0.4) is 0 Å². The number of hydrogen-bond donors (Lipinski definition) is 0. The number of fused-ring (bicyclic) bond motifs is 2. The molecule has 1 aliphatic carbocycles. The van der Waals surface area contributed by atoms with E-state index in [1.807, 2.05) is 24.0 Å². The topological polar surface area (TPSA) is 68.3 Å². The van der Waals surface area contributed by atoms with Crippen LogP contribution in [0.5, 0.6) is 11.5 Å². The van der Waals surface area contributed by atoms with Gasteiger partial charge in [-0.3, -0.25) is 9.69 Å². The third-order valence-corrected chi connectivity index (χ3v) is 7.81. The highest BCUT2D eigenvalue weighted by Gasteiger charge is 2.35. The van der Waals surface area contributed by atoms with Gasteiger partial charge in [0.25, 0.3) is 5.92 Å².